The quantitative estimate of drug-likeness (QED) is 0.518. The zero-order valence-corrected chi connectivity index (χ0v) is 16.5. The number of carbonyl (C=O) groups excluding carboxylic acids is 3. The summed E-state index contributed by atoms with van der Waals surface area (Å²) in [5.74, 6) is -0.828. The Morgan fingerprint density at radius 3 is 2.40 bits per heavy atom. The fraction of sp³-hybridized carbons (Fsp3) is 0.0800. The van der Waals surface area contributed by atoms with Gasteiger partial charge in [0.25, 0.3) is 11.8 Å². The second-order valence-electron chi connectivity index (χ2n) is 7.16. The molecule has 148 valence electrons. The highest BCUT2D eigenvalue weighted by molar-refractivity contribution is 6.29. The highest BCUT2D eigenvalue weighted by Gasteiger charge is 2.34. The molecular formula is C25H20N2O3. The van der Waals surface area contributed by atoms with E-state index in [1.165, 1.54) is 4.90 Å². The molecule has 4 rings (SSSR count). The number of rotatable bonds is 4. The number of hydrogen-bond donors (Lipinski definition) is 1. The topological polar surface area (TPSA) is 66.5 Å². The third-order valence-corrected chi connectivity index (χ3v) is 4.88. The monoisotopic (exact) mass is 396 g/mol. The van der Waals surface area contributed by atoms with E-state index in [9.17, 15) is 14.4 Å². The van der Waals surface area contributed by atoms with E-state index in [-0.39, 0.29) is 24.1 Å². The van der Waals surface area contributed by atoms with Crippen LogP contribution in [0.5, 0.6) is 0 Å². The van der Waals surface area contributed by atoms with Gasteiger partial charge in [-0.05, 0) is 55.0 Å². The number of hydrogen-bond acceptors (Lipinski definition) is 3. The lowest BCUT2D eigenvalue weighted by molar-refractivity contribution is -0.120. The zero-order chi connectivity index (χ0) is 21.1. The van der Waals surface area contributed by atoms with Crippen LogP contribution >= 0.6 is 0 Å². The van der Waals surface area contributed by atoms with E-state index in [1.807, 2.05) is 37.3 Å². The number of nitrogens with zero attached hydrogens (tertiary/aromatic N) is 1. The molecule has 0 bridgehead atoms. The second kappa shape index (κ2) is 8.17. The third-order valence-electron chi connectivity index (χ3n) is 4.88. The van der Waals surface area contributed by atoms with Gasteiger partial charge >= 0.3 is 0 Å². The molecule has 3 amide bonds. The van der Waals surface area contributed by atoms with Crippen molar-refractivity contribution in [3.05, 3.63) is 101 Å². The molecule has 5 heteroatoms. The first-order valence-electron chi connectivity index (χ1n) is 9.62. The molecule has 0 radical (unpaired) electrons. The van der Waals surface area contributed by atoms with Crippen molar-refractivity contribution in [2.24, 2.45) is 0 Å². The van der Waals surface area contributed by atoms with Crippen molar-refractivity contribution in [3.8, 4) is 0 Å². The van der Waals surface area contributed by atoms with Crippen molar-refractivity contribution in [3.63, 3.8) is 0 Å². The smallest absolute Gasteiger partial charge is 0.261 e. The van der Waals surface area contributed by atoms with Crippen LogP contribution in [0.3, 0.4) is 0 Å². The van der Waals surface area contributed by atoms with E-state index in [0.717, 1.165) is 5.56 Å². The maximum Gasteiger partial charge on any atom is 0.261 e. The van der Waals surface area contributed by atoms with Crippen molar-refractivity contribution in [1.82, 2.24) is 0 Å². The first-order chi connectivity index (χ1) is 14.5. The Hall–Kier alpha value is -3.99. The van der Waals surface area contributed by atoms with Crippen LogP contribution in [0.2, 0.25) is 0 Å². The number of nitrogens with one attached hydrogen (secondary N) is 1. The molecule has 1 saturated heterocycles. The Labute approximate surface area is 174 Å². The third kappa shape index (κ3) is 4.05. The summed E-state index contributed by atoms with van der Waals surface area (Å²) < 4.78 is 0. The van der Waals surface area contributed by atoms with Crippen LogP contribution in [0.4, 0.5) is 11.4 Å². The summed E-state index contributed by atoms with van der Waals surface area (Å²) in [4.78, 5) is 38.9. The second-order valence-corrected chi connectivity index (χ2v) is 7.16. The summed E-state index contributed by atoms with van der Waals surface area (Å²) in [6, 6.07) is 23.4. The average Bonchev–Trinajstić information content (AvgIpc) is 3.03. The predicted molar refractivity (Wildman–Crippen MR) is 117 cm³/mol. The molecule has 0 unspecified atom stereocenters. The Kier molecular flexibility index (Phi) is 5.26. The minimum Gasteiger partial charge on any atom is -0.322 e. The highest BCUT2D eigenvalue weighted by atomic mass is 16.2. The van der Waals surface area contributed by atoms with Gasteiger partial charge in [-0.25, -0.2) is 4.90 Å². The maximum absolute atomic E-state index is 12.8. The summed E-state index contributed by atoms with van der Waals surface area (Å²) >= 11 is 0. The molecule has 5 nitrogen and oxygen atoms in total. The summed E-state index contributed by atoms with van der Waals surface area (Å²) in [5, 5.41) is 2.86. The Morgan fingerprint density at radius 2 is 1.67 bits per heavy atom. The van der Waals surface area contributed by atoms with E-state index in [1.54, 1.807) is 54.6 Å². The molecule has 0 spiro atoms. The van der Waals surface area contributed by atoms with Crippen LogP contribution in [-0.2, 0) is 9.59 Å². The fourth-order valence-corrected chi connectivity index (χ4v) is 3.34. The molecule has 0 aliphatic carbocycles. The van der Waals surface area contributed by atoms with Crippen LogP contribution in [0.25, 0.3) is 6.08 Å². The summed E-state index contributed by atoms with van der Waals surface area (Å²) in [5.41, 5.74) is 3.95. The van der Waals surface area contributed by atoms with Crippen molar-refractivity contribution < 1.29 is 14.4 Å². The molecule has 1 heterocycles. The van der Waals surface area contributed by atoms with Crippen molar-refractivity contribution in [2.45, 2.75) is 13.3 Å². The lowest BCUT2D eigenvalue weighted by atomic mass is 10.1. The Balaban J connectivity index is 1.54. The van der Waals surface area contributed by atoms with Gasteiger partial charge in [-0.3, -0.25) is 14.4 Å². The van der Waals surface area contributed by atoms with Crippen molar-refractivity contribution in [1.29, 1.82) is 0 Å². The van der Waals surface area contributed by atoms with Crippen molar-refractivity contribution in [2.75, 3.05) is 10.2 Å². The number of amides is 3. The number of carbonyl (C=O) groups is 3. The maximum atomic E-state index is 12.8. The molecule has 30 heavy (non-hydrogen) atoms. The van der Waals surface area contributed by atoms with Gasteiger partial charge in [0, 0.05) is 16.8 Å². The number of para-hydroxylation sites is 1. The number of anilines is 2. The number of aryl methyl sites for hydroxylation is 1. The lowest BCUT2D eigenvalue weighted by Gasteiger charge is -2.12. The minimum absolute atomic E-state index is 0.0352. The largest absolute Gasteiger partial charge is 0.322 e. The van der Waals surface area contributed by atoms with Gasteiger partial charge in [0.2, 0.25) is 5.91 Å². The Morgan fingerprint density at radius 1 is 0.933 bits per heavy atom. The lowest BCUT2D eigenvalue weighted by Crippen LogP contribution is -2.28. The molecule has 1 fully saturated rings. The van der Waals surface area contributed by atoms with E-state index in [4.69, 9.17) is 0 Å². The van der Waals surface area contributed by atoms with Gasteiger partial charge in [0.15, 0.2) is 0 Å². The van der Waals surface area contributed by atoms with E-state index in [2.05, 4.69) is 5.32 Å². The number of benzene rings is 3. The van der Waals surface area contributed by atoms with Gasteiger partial charge in [0.1, 0.15) is 0 Å². The number of imide groups is 1. The van der Waals surface area contributed by atoms with Gasteiger partial charge in [-0.1, -0.05) is 48.0 Å². The van der Waals surface area contributed by atoms with Crippen LogP contribution in [-0.4, -0.2) is 17.7 Å². The normalized spacial score (nSPS) is 15.0. The van der Waals surface area contributed by atoms with Crippen LogP contribution in [0, 0.1) is 6.92 Å². The molecule has 0 aromatic heterocycles. The van der Waals surface area contributed by atoms with E-state index < -0.39 is 0 Å². The highest BCUT2D eigenvalue weighted by Crippen LogP contribution is 2.27. The molecular weight excluding hydrogens is 376 g/mol. The standard InChI is InChI=1S/C25H20N2O3/c1-17-10-12-21(13-11-17)26-24(29)19-7-5-6-18(14-19)15-20-16-23(28)27(25(20)30)22-8-3-2-4-9-22/h2-15H,16H2,1H3,(H,26,29)/b20-15+. The first kappa shape index (κ1) is 19.3. The SMILES string of the molecule is Cc1ccc(NC(=O)c2cccc(/C=C3\CC(=O)N(c4ccccc4)C3=O)c2)cc1. The van der Waals surface area contributed by atoms with E-state index in [0.29, 0.717) is 28.1 Å². The molecule has 3 aromatic rings. The molecule has 0 atom stereocenters. The predicted octanol–water partition coefficient (Wildman–Crippen LogP) is 4.59. The summed E-state index contributed by atoms with van der Waals surface area (Å²) in [6.45, 7) is 1.98. The van der Waals surface area contributed by atoms with Crippen LogP contribution < -0.4 is 10.2 Å². The minimum atomic E-state index is -0.333. The molecule has 1 aliphatic heterocycles. The van der Waals surface area contributed by atoms with Gasteiger partial charge in [0.05, 0.1) is 12.1 Å². The Bertz CT molecular complexity index is 1150. The molecule has 3 aromatic carbocycles. The molecule has 1 N–H and O–H groups in total. The van der Waals surface area contributed by atoms with Gasteiger partial charge in [-0.2, -0.15) is 0 Å². The summed E-state index contributed by atoms with van der Waals surface area (Å²) in [6.07, 6.45) is 1.71. The van der Waals surface area contributed by atoms with Gasteiger partial charge < -0.3 is 5.32 Å². The summed E-state index contributed by atoms with van der Waals surface area (Å²) in [7, 11) is 0. The zero-order valence-electron chi connectivity index (χ0n) is 16.5. The average molecular weight is 396 g/mol. The van der Waals surface area contributed by atoms with Crippen LogP contribution in [0.15, 0.2) is 84.4 Å². The van der Waals surface area contributed by atoms with Crippen molar-refractivity contribution >= 4 is 35.2 Å². The first-order valence-corrected chi connectivity index (χ1v) is 9.62. The molecule has 1 aliphatic rings. The van der Waals surface area contributed by atoms with Crippen LogP contribution in [0.1, 0.15) is 27.9 Å². The molecule has 0 saturated carbocycles. The van der Waals surface area contributed by atoms with E-state index >= 15 is 0 Å². The van der Waals surface area contributed by atoms with Gasteiger partial charge in [-0.15, -0.1) is 0 Å². The fourth-order valence-electron chi connectivity index (χ4n) is 3.34.